The van der Waals surface area contributed by atoms with Gasteiger partial charge in [0.05, 0.1) is 34.8 Å². The summed E-state index contributed by atoms with van der Waals surface area (Å²) < 4.78 is 3.34. The van der Waals surface area contributed by atoms with E-state index in [1.807, 2.05) is 60.7 Å². The van der Waals surface area contributed by atoms with Gasteiger partial charge in [0.1, 0.15) is 11.8 Å². The van der Waals surface area contributed by atoms with Crippen molar-refractivity contribution in [3.8, 4) is 40.0 Å². The highest BCUT2D eigenvalue weighted by Crippen LogP contribution is 2.28. The number of anilines is 2. The molecule has 0 aliphatic heterocycles. The number of rotatable bonds is 5. The van der Waals surface area contributed by atoms with E-state index in [1.165, 1.54) is 6.07 Å². The van der Waals surface area contributed by atoms with Crippen LogP contribution in [0.5, 0.6) is 0 Å². The van der Waals surface area contributed by atoms with Crippen LogP contribution in [-0.2, 0) is 0 Å². The third-order valence-electron chi connectivity index (χ3n) is 7.56. The largest absolute Gasteiger partial charge is 0.477 e. The first kappa shape index (κ1) is 30.2. The average Bonchev–Trinajstić information content (AvgIpc) is 3.76. The molecule has 5 N–H and O–H groups in total. The van der Waals surface area contributed by atoms with Crippen LogP contribution in [0.2, 0.25) is 0 Å². The Bertz CT molecular complexity index is 2550. The maximum Gasteiger partial charge on any atom is 0.354 e. The average molecular weight is 644 g/mol. The Labute approximate surface area is 278 Å². The van der Waals surface area contributed by atoms with Gasteiger partial charge in [-0.2, -0.15) is 15.5 Å². The third kappa shape index (κ3) is 6.20. The summed E-state index contributed by atoms with van der Waals surface area (Å²) in [6.07, 6.45) is 10.2. The van der Waals surface area contributed by atoms with Gasteiger partial charge in [-0.25, -0.2) is 24.1 Å². The molecule has 0 amide bonds. The highest BCUT2D eigenvalue weighted by molar-refractivity contribution is 5.88. The van der Waals surface area contributed by atoms with Crippen LogP contribution in [-0.4, -0.2) is 50.6 Å². The van der Waals surface area contributed by atoms with Crippen LogP contribution < -0.4 is 11.5 Å². The van der Waals surface area contributed by atoms with Crippen molar-refractivity contribution < 1.29 is 9.90 Å². The first-order valence-corrected chi connectivity index (χ1v) is 14.8. The van der Waals surface area contributed by atoms with E-state index in [1.54, 1.807) is 70.8 Å². The maximum absolute atomic E-state index is 11.1. The SMILES string of the molecule is N#Cc1cccc(-n2ncc3ccc(-c4cncc(N)c4)cc32)n1.Nc1cncc(-c2ccc3cnn(-c4cccc(C(=O)O)n4)c3c2)c1. The third-order valence-corrected chi connectivity index (χ3v) is 7.56. The predicted molar refractivity (Wildman–Crippen MR) is 185 cm³/mol. The molecule has 0 unspecified atom stereocenters. The first-order valence-electron chi connectivity index (χ1n) is 14.8. The molecule has 0 saturated heterocycles. The normalized spacial score (nSPS) is 10.8. The Kier molecular flexibility index (Phi) is 7.85. The number of hydrogen-bond donors (Lipinski definition) is 3. The molecule has 13 nitrogen and oxygen atoms in total. The van der Waals surface area contributed by atoms with E-state index in [0.717, 1.165) is 44.1 Å². The molecule has 0 atom stereocenters. The lowest BCUT2D eigenvalue weighted by molar-refractivity contribution is 0.0690. The number of carboxylic acids is 1. The minimum Gasteiger partial charge on any atom is -0.477 e. The van der Waals surface area contributed by atoms with Gasteiger partial charge in [-0.05, 0) is 59.7 Å². The second-order valence-corrected chi connectivity index (χ2v) is 10.9. The maximum atomic E-state index is 11.1. The fourth-order valence-electron chi connectivity index (χ4n) is 5.26. The molecule has 0 radical (unpaired) electrons. The van der Waals surface area contributed by atoms with Crippen molar-refractivity contribution in [1.29, 1.82) is 5.26 Å². The van der Waals surface area contributed by atoms with Gasteiger partial charge in [-0.15, -0.1) is 0 Å². The number of carboxylic acid groups (broad SMARTS) is 1. The van der Waals surface area contributed by atoms with Gasteiger partial charge in [0.15, 0.2) is 17.3 Å². The highest BCUT2D eigenvalue weighted by Gasteiger charge is 2.12. The molecular formula is C36H25N11O2. The number of benzene rings is 2. The molecule has 6 aromatic heterocycles. The molecule has 0 aliphatic rings. The molecule has 49 heavy (non-hydrogen) atoms. The summed E-state index contributed by atoms with van der Waals surface area (Å²) in [5.41, 5.74) is 18.6. The zero-order valence-corrected chi connectivity index (χ0v) is 25.6. The Hall–Kier alpha value is -7.46. The number of nitrogen functional groups attached to an aromatic ring is 2. The van der Waals surface area contributed by atoms with Gasteiger partial charge in [0, 0.05) is 46.7 Å². The van der Waals surface area contributed by atoms with Gasteiger partial charge in [-0.3, -0.25) is 9.97 Å². The Balaban J connectivity index is 0.000000154. The molecule has 8 rings (SSSR count). The lowest BCUT2D eigenvalue weighted by Crippen LogP contribution is -2.05. The van der Waals surface area contributed by atoms with Crippen LogP contribution >= 0.6 is 0 Å². The van der Waals surface area contributed by atoms with E-state index >= 15 is 0 Å². The summed E-state index contributed by atoms with van der Waals surface area (Å²) in [7, 11) is 0. The summed E-state index contributed by atoms with van der Waals surface area (Å²) in [5.74, 6) is -0.0329. The monoisotopic (exact) mass is 643 g/mol. The van der Waals surface area contributed by atoms with Crippen LogP contribution in [0, 0.1) is 11.3 Å². The molecule has 0 spiro atoms. The molecule has 0 saturated carbocycles. The molecule has 0 bridgehead atoms. The minimum absolute atomic E-state index is 0.0302. The van der Waals surface area contributed by atoms with Crippen molar-refractivity contribution in [2.24, 2.45) is 0 Å². The van der Waals surface area contributed by atoms with Gasteiger partial charge in [-0.1, -0.05) is 36.4 Å². The van der Waals surface area contributed by atoms with E-state index in [0.29, 0.717) is 28.7 Å². The van der Waals surface area contributed by atoms with Gasteiger partial charge >= 0.3 is 5.97 Å². The quantitative estimate of drug-likeness (QED) is 0.208. The van der Waals surface area contributed by atoms with E-state index in [9.17, 15) is 4.79 Å². The van der Waals surface area contributed by atoms with Crippen LogP contribution in [0.3, 0.4) is 0 Å². The van der Waals surface area contributed by atoms with Crippen LogP contribution in [0.4, 0.5) is 11.4 Å². The fraction of sp³-hybridized carbons (Fsp3) is 0. The number of hydrogen-bond acceptors (Lipinski definition) is 10. The zero-order chi connectivity index (χ0) is 33.9. The number of nitriles is 1. The topological polar surface area (TPSA) is 200 Å². The lowest BCUT2D eigenvalue weighted by atomic mass is 10.1. The minimum atomic E-state index is -1.08. The molecule has 0 fully saturated rings. The van der Waals surface area contributed by atoms with E-state index in [2.05, 4.69) is 30.1 Å². The molecule has 2 aromatic carbocycles. The molecule has 6 heterocycles. The van der Waals surface area contributed by atoms with Crippen LogP contribution in [0.1, 0.15) is 16.2 Å². The number of aromatic nitrogens is 8. The van der Waals surface area contributed by atoms with E-state index in [-0.39, 0.29) is 5.69 Å². The van der Waals surface area contributed by atoms with Crippen LogP contribution in [0.15, 0.2) is 122 Å². The summed E-state index contributed by atoms with van der Waals surface area (Å²) in [4.78, 5) is 27.9. The highest BCUT2D eigenvalue weighted by atomic mass is 16.4. The zero-order valence-electron chi connectivity index (χ0n) is 25.6. The first-order chi connectivity index (χ1) is 23.9. The molecule has 13 heteroatoms. The van der Waals surface area contributed by atoms with Crippen molar-refractivity contribution in [3.05, 3.63) is 133 Å². The van der Waals surface area contributed by atoms with Crippen molar-refractivity contribution in [2.45, 2.75) is 0 Å². The Morgan fingerprint density at radius 3 is 1.67 bits per heavy atom. The number of nitrogens with two attached hydrogens (primary N) is 2. The van der Waals surface area contributed by atoms with E-state index in [4.69, 9.17) is 21.8 Å². The molecule has 236 valence electrons. The lowest BCUT2D eigenvalue weighted by Gasteiger charge is -2.06. The van der Waals surface area contributed by atoms with Crippen molar-refractivity contribution in [3.63, 3.8) is 0 Å². The van der Waals surface area contributed by atoms with Gasteiger partial charge in [0.25, 0.3) is 0 Å². The Morgan fingerprint density at radius 1 is 0.633 bits per heavy atom. The van der Waals surface area contributed by atoms with Gasteiger partial charge in [0.2, 0.25) is 0 Å². The van der Waals surface area contributed by atoms with Crippen molar-refractivity contribution >= 4 is 39.1 Å². The summed E-state index contributed by atoms with van der Waals surface area (Å²) in [6, 6.07) is 27.7. The van der Waals surface area contributed by atoms with Crippen molar-refractivity contribution in [1.82, 2.24) is 39.5 Å². The molecule has 8 aromatic rings. The number of nitrogens with zero attached hydrogens (tertiary/aromatic N) is 9. The smallest absolute Gasteiger partial charge is 0.354 e. The van der Waals surface area contributed by atoms with Crippen molar-refractivity contribution in [2.75, 3.05) is 11.5 Å². The fourth-order valence-corrected chi connectivity index (χ4v) is 5.26. The molecular weight excluding hydrogens is 618 g/mol. The molecule has 0 aliphatic carbocycles. The summed E-state index contributed by atoms with van der Waals surface area (Å²) >= 11 is 0. The number of carbonyl (C=O) groups is 1. The summed E-state index contributed by atoms with van der Waals surface area (Å²) in [5, 5.41) is 28.8. The number of pyridine rings is 4. The Morgan fingerprint density at radius 2 is 1.16 bits per heavy atom. The number of fused-ring (bicyclic) bond motifs is 2. The standard InChI is InChI=1S/C18H12N6.C18H13N5O2/c19-8-16-2-1-3-18(23-16)24-17-7-12(4-5-13(17)10-22-24)14-6-15(20)11-21-9-14;19-14-6-13(8-20-10-14)11-4-5-12-9-21-23(16(12)7-11)17-3-1-2-15(22-17)18(24)25/h1-7,9-11H,20H2;1-10H,19H2,(H,24,25). The second kappa shape index (κ2) is 12.7. The van der Waals surface area contributed by atoms with Crippen LogP contribution in [0.25, 0.3) is 55.7 Å². The number of aromatic carboxylic acids is 1. The summed E-state index contributed by atoms with van der Waals surface area (Å²) in [6.45, 7) is 0. The van der Waals surface area contributed by atoms with Gasteiger partial charge < -0.3 is 16.6 Å². The predicted octanol–water partition coefficient (Wildman–Crippen LogP) is 5.70. The second-order valence-electron chi connectivity index (χ2n) is 10.9. The van der Waals surface area contributed by atoms with E-state index < -0.39 is 5.97 Å².